The van der Waals surface area contributed by atoms with E-state index in [1.807, 2.05) is 0 Å². The third kappa shape index (κ3) is 6.29. The Morgan fingerprint density at radius 2 is 0.797 bits per heavy atom. The second kappa shape index (κ2) is 16.3. The van der Waals surface area contributed by atoms with Crippen LogP contribution in [0.2, 0.25) is 0 Å². The second-order valence-corrected chi connectivity index (χ2v) is 24.3. The lowest BCUT2D eigenvalue weighted by molar-refractivity contribution is 0.599. The number of aryl methyl sites for hydroxylation is 1. The van der Waals surface area contributed by atoms with Crippen LogP contribution in [-0.4, -0.2) is 0 Å². The molecule has 3 aliphatic rings. The maximum Gasteiger partial charge on any atom is 0.144 e. The highest BCUT2D eigenvalue weighted by Gasteiger charge is 2.49. The lowest BCUT2D eigenvalue weighted by Gasteiger charge is -2.31. The highest BCUT2D eigenvalue weighted by atomic mass is 16.3. The third-order valence-corrected chi connectivity index (χ3v) is 18.8. The number of furan rings is 2. The molecule has 0 saturated carbocycles. The molecule has 79 heavy (non-hydrogen) atoms. The first kappa shape index (κ1) is 46.1. The zero-order valence-corrected chi connectivity index (χ0v) is 45.7. The maximum atomic E-state index is 7.16. The molecule has 0 saturated heterocycles. The number of rotatable bonds is 6. The first-order chi connectivity index (χ1) is 38.4. The molecule has 3 aliphatic carbocycles. The van der Waals surface area contributed by atoms with Crippen LogP contribution in [0.15, 0.2) is 227 Å². The summed E-state index contributed by atoms with van der Waals surface area (Å²) in [7, 11) is 0. The van der Waals surface area contributed by atoms with Crippen LogP contribution < -0.4 is 0 Å². The fraction of sp³-hybridized carbons (Fsp3) is 0.143. The minimum atomic E-state index is -0.377. The first-order valence-corrected chi connectivity index (χ1v) is 28.1. The van der Waals surface area contributed by atoms with E-state index in [2.05, 4.69) is 267 Å². The van der Waals surface area contributed by atoms with E-state index < -0.39 is 0 Å². The largest absolute Gasteiger partial charge is 0.455 e. The van der Waals surface area contributed by atoms with Gasteiger partial charge in [0.05, 0.1) is 0 Å². The van der Waals surface area contributed by atoms with Crippen LogP contribution in [0.4, 0.5) is 0 Å². The van der Waals surface area contributed by atoms with Gasteiger partial charge in [0.1, 0.15) is 22.3 Å². The minimum Gasteiger partial charge on any atom is -0.455 e. The maximum absolute atomic E-state index is 7.16. The molecule has 0 amide bonds. The van der Waals surface area contributed by atoms with Crippen molar-refractivity contribution in [2.24, 2.45) is 0 Å². The highest BCUT2D eigenvalue weighted by molar-refractivity contribution is 6.21. The SMILES string of the molecule is Cc1ccc(-c2cc3c(c4c2oc2ccccc24)-c2ccc(C(c4ccc5c(c4)C(C)(C)c4c6c(c7c(oc8ccccc87)c4-5)-c4ccccc4C6(C)C)c4c(-c5ccccc5)cccc4-c4ccccc4)cc2C3(C)C)cc1. The summed E-state index contributed by atoms with van der Waals surface area (Å²) in [5, 5.41) is 4.74. The van der Waals surface area contributed by atoms with E-state index in [-0.39, 0.29) is 22.2 Å². The molecule has 0 aliphatic heterocycles. The molecule has 1 unspecified atom stereocenters. The average molecular weight is 1020 g/mol. The van der Waals surface area contributed by atoms with Gasteiger partial charge in [-0.25, -0.2) is 0 Å². The number of hydrogen-bond donors (Lipinski definition) is 0. The normalized spacial score (nSPS) is 15.3. The Labute approximate surface area is 461 Å². The van der Waals surface area contributed by atoms with Gasteiger partial charge in [-0.05, 0) is 131 Å². The van der Waals surface area contributed by atoms with Crippen LogP contribution in [0.3, 0.4) is 0 Å². The van der Waals surface area contributed by atoms with Crippen molar-refractivity contribution in [2.75, 3.05) is 0 Å². The minimum absolute atomic E-state index is 0.170. The molecule has 2 heteroatoms. The Bertz CT molecular complexity index is 4670. The fourth-order valence-corrected chi connectivity index (χ4v) is 15.1. The Hall–Kier alpha value is -8.98. The number of benzene rings is 11. The predicted molar refractivity (Wildman–Crippen MR) is 329 cm³/mol. The summed E-state index contributed by atoms with van der Waals surface area (Å²) in [6.07, 6.45) is 0. The quantitative estimate of drug-likeness (QED) is 0.155. The van der Waals surface area contributed by atoms with Crippen molar-refractivity contribution in [1.82, 2.24) is 0 Å². The summed E-state index contributed by atoms with van der Waals surface area (Å²) in [6, 6.07) is 81.7. The van der Waals surface area contributed by atoms with Gasteiger partial charge in [0.15, 0.2) is 0 Å². The zero-order valence-electron chi connectivity index (χ0n) is 45.7. The Kier molecular flexibility index (Phi) is 9.51. The summed E-state index contributed by atoms with van der Waals surface area (Å²) < 4.78 is 14.1. The van der Waals surface area contributed by atoms with E-state index >= 15 is 0 Å². The van der Waals surface area contributed by atoms with Crippen molar-refractivity contribution in [3.05, 3.63) is 274 Å². The van der Waals surface area contributed by atoms with Crippen LogP contribution in [0.1, 0.15) is 103 Å². The van der Waals surface area contributed by atoms with Gasteiger partial charge < -0.3 is 8.83 Å². The van der Waals surface area contributed by atoms with Gasteiger partial charge in [-0.1, -0.05) is 247 Å². The Morgan fingerprint density at radius 1 is 0.329 bits per heavy atom. The molecule has 2 nitrogen and oxygen atoms in total. The molecule has 0 radical (unpaired) electrons. The van der Waals surface area contributed by atoms with E-state index in [4.69, 9.17) is 8.83 Å². The van der Waals surface area contributed by atoms with Crippen LogP contribution in [-0.2, 0) is 16.2 Å². The van der Waals surface area contributed by atoms with Gasteiger partial charge >= 0.3 is 0 Å². The van der Waals surface area contributed by atoms with E-state index in [0.29, 0.717) is 0 Å². The van der Waals surface area contributed by atoms with Crippen molar-refractivity contribution in [1.29, 1.82) is 0 Å². The number of para-hydroxylation sites is 2. The molecule has 0 N–H and O–H groups in total. The van der Waals surface area contributed by atoms with Gasteiger partial charge in [-0.3, -0.25) is 0 Å². The summed E-state index contributed by atoms with van der Waals surface area (Å²) >= 11 is 0. The molecule has 16 rings (SSSR count). The van der Waals surface area contributed by atoms with Crippen molar-refractivity contribution < 1.29 is 8.83 Å². The van der Waals surface area contributed by atoms with Crippen molar-refractivity contribution >= 4 is 43.9 Å². The molecular weight excluding hydrogens is 957 g/mol. The zero-order chi connectivity index (χ0) is 53.3. The topological polar surface area (TPSA) is 26.3 Å². The average Bonchev–Trinajstić information content (AvgIpc) is 2.24. The Balaban J connectivity index is 0.971. The Morgan fingerprint density at radius 3 is 1.43 bits per heavy atom. The predicted octanol–water partition coefficient (Wildman–Crippen LogP) is 20.9. The molecule has 2 heterocycles. The van der Waals surface area contributed by atoms with E-state index in [1.54, 1.807) is 0 Å². The van der Waals surface area contributed by atoms with Crippen molar-refractivity contribution in [3.8, 4) is 66.8 Å². The van der Waals surface area contributed by atoms with E-state index in [0.717, 1.165) is 38.8 Å². The summed E-state index contributed by atoms with van der Waals surface area (Å²) in [6.45, 7) is 16.8. The molecule has 0 bridgehead atoms. The number of fused-ring (bicyclic) bond motifs is 19. The summed E-state index contributed by atoms with van der Waals surface area (Å²) in [5.74, 6) is -0.170. The monoisotopic (exact) mass is 1010 g/mol. The smallest absolute Gasteiger partial charge is 0.144 e. The van der Waals surface area contributed by atoms with E-state index in [1.165, 1.54) is 127 Å². The van der Waals surface area contributed by atoms with Crippen LogP contribution >= 0.6 is 0 Å². The van der Waals surface area contributed by atoms with E-state index in [9.17, 15) is 0 Å². The standard InChI is InChI=1S/C77H58O2/c1-44-33-35-47(36-34-44)57-43-61-66(68-55-26-15-18-31-62(55)78-73(57)68)53-39-37-48(41-59(53)75(61,2)3)64(65-50(45-21-10-8-11-22-45)28-20-29-51(65)46-23-12-9-13-24-46)49-38-40-54-60(42-49)77(6,7)72-70(54)74-69(56-27-16-19-32-63(56)79-74)67-52-25-14-17-30-58(52)76(4,5)71(67)72/h8-43,64H,1-7H3. The highest BCUT2D eigenvalue weighted by Crippen LogP contribution is 2.64. The van der Waals surface area contributed by atoms with Crippen LogP contribution in [0, 0.1) is 6.92 Å². The molecule has 378 valence electrons. The third-order valence-electron chi connectivity index (χ3n) is 18.8. The fourth-order valence-electron chi connectivity index (χ4n) is 15.1. The van der Waals surface area contributed by atoms with Gasteiger partial charge in [0, 0.05) is 54.8 Å². The molecule has 13 aromatic rings. The molecular formula is C77H58O2. The molecule has 2 aromatic heterocycles. The van der Waals surface area contributed by atoms with Gasteiger partial charge in [-0.2, -0.15) is 0 Å². The van der Waals surface area contributed by atoms with Crippen molar-refractivity contribution in [3.63, 3.8) is 0 Å². The molecule has 11 aromatic carbocycles. The van der Waals surface area contributed by atoms with Gasteiger partial charge in [0.2, 0.25) is 0 Å². The molecule has 0 fully saturated rings. The van der Waals surface area contributed by atoms with Gasteiger partial charge in [0.25, 0.3) is 0 Å². The lowest BCUT2D eigenvalue weighted by atomic mass is 9.71. The number of hydrogen-bond acceptors (Lipinski definition) is 2. The first-order valence-electron chi connectivity index (χ1n) is 28.1. The molecule has 0 spiro atoms. The van der Waals surface area contributed by atoms with Crippen molar-refractivity contribution in [2.45, 2.75) is 70.6 Å². The second-order valence-electron chi connectivity index (χ2n) is 24.3. The van der Waals surface area contributed by atoms with Crippen LogP contribution in [0.5, 0.6) is 0 Å². The summed E-state index contributed by atoms with van der Waals surface area (Å²) in [4.78, 5) is 0. The lowest BCUT2D eigenvalue weighted by Crippen LogP contribution is -2.24. The van der Waals surface area contributed by atoms with Crippen LogP contribution in [0.25, 0.3) is 111 Å². The summed E-state index contributed by atoms with van der Waals surface area (Å²) in [5.41, 5.74) is 30.9. The molecule has 1 atom stereocenters. The van der Waals surface area contributed by atoms with Gasteiger partial charge in [-0.15, -0.1) is 0 Å².